The zero-order valence-electron chi connectivity index (χ0n) is 13.7. The molecule has 0 aliphatic heterocycles. The second kappa shape index (κ2) is 6.24. The van der Waals surface area contributed by atoms with E-state index < -0.39 is 0 Å². The number of hydrogen-bond donors (Lipinski definition) is 1. The first-order chi connectivity index (χ1) is 11.4. The molecule has 7 nitrogen and oxygen atoms in total. The SMILES string of the molecule is C[C@@H]1CC(=O)c2c(OCc3nc(N)nc(N(C)C)n3)ccc(Cl)c21. The van der Waals surface area contributed by atoms with Crippen molar-refractivity contribution in [1.82, 2.24) is 15.0 Å². The lowest BCUT2D eigenvalue weighted by molar-refractivity contribution is 0.0986. The molecule has 0 saturated carbocycles. The summed E-state index contributed by atoms with van der Waals surface area (Å²) in [5, 5.41) is 0.593. The molecule has 1 heterocycles. The Morgan fingerprint density at radius 2 is 2.08 bits per heavy atom. The van der Waals surface area contributed by atoms with Gasteiger partial charge in [-0.1, -0.05) is 18.5 Å². The van der Waals surface area contributed by atoms with Crippen LogP contribution in [0.5, 0.6) is 5.75 Å². The average molecular weight is 348 g/mol. The lowest BCUT2D eigenvalue weighted by Crippen LogP contribution is -2.17. The molecule has 1 atom stereocenters. The number of fused-ring (bicyclic) bond motifs is 1. The van der Waals surface area contributed by atoms with Crippen LogP contribution >= 0.6 is 11.6 Å². The average Bonchev–Trinajstić information content (AvgIpc) is 2.82. The van der Waals surface area contributed by atoms with E-state index in [0.717, 1.165) is 5.56 Å². The summed E-state index contributed by atoms with van der Waals surface area (Å²) in [5.41, 5.74) is 7.11. The number of benzene rings is 1. The Kier molecular flexibility index (Phi) is 4.28. The van der Waals surface area contributed by atoms with Crippen LogP contribution < -0.4 is 15.4 Å². The van der Waals surface area contributed by atoms with E-state index in [9.17, 15) is 4.79 Å². The van der Waals surface area contributed by atoms with Crippen LogP contribution in [0.4, 0.5) is 11.9 Å². The monoisotopic (exact) mass is 347 g/mol. The number of halogens is 1. The minimum atomic E-state index is 0.0409. The van der Waals surface area contributed by atoms with E-state index in [4.69, 9.17) is 22.1 Å². The van der Waals surface area contributed by atoms with Gasteiger partial charge < -0.3 is 15.4 Å². The number of nitrogen functional groups attached to an aromatic ring is 1. The summed E-state index contributed by atoms with van der Waals surface area (Å²) in [4.78, 5) is 26.4. The molecule has 1 aliphatic carbocycles. The number of Topliss-reactive ketones (excluding diaryl/α,β-unsaturated/α-hetero) is 1. The second-order valence-corrected chi connectivity index (χ2v) is 6.36. The third kappa shape index (κ3) is 2.99. The minimum absolute atomic E-state index is 0.0409. The lowest BCUT2D eigenvalue weighted by atomic mass is 10.0. The summed E-state index contributed by atoms with van der Waals surface area (Å²) in [6.07, 6.45) is 0.443. The molecule has 0 radical (unpaired) electrons. The molecule has 0 amide bonds. The number of rotatable bonds is 4. The summed E-state index contributed by atoms with van der Waals surface area (Å²) in [6.45, 7) is 2.07. The molecule has 24 heavy (non-hydrogen) atoms. The van der Waals surface area contributed by atoms with Gasteiger partial charge in [0.1, 0.15) is 12.4 Å². The van der Waals surface area contributed by atoms with Crippen molar-refractivity contribution < 1.29 is 9.53 Å². The predicted molar refractivity (Wildman–Crippen MR) is 91.7 cm³/mol. The highest BCUT2D eigenvalue weighted by Crippen LogP contribution is 2.42. The van der Waals surface area contributed by atoms with E-state index in [1.54, 1.807) is 17.0 Å². The van der Waals surface area contributed by atoms with Crippen molar-refractivity contribution in [2.75, 3.05) is 24.7 Å². The van der Waals surface area contributed by atoms with E-state index >= 15 is 0 Å². The number of carbonyl (C=O) groups is 1. The quantitative estimate of drug-likeness (QED) is 0.907. The van der Waals surface area contributed by atoms with Crippen molar-refractivity contribution in [3.8, 4) is 5.75 Å². The van der Waals surface area contributed by atoms with Crippen LogP contribution in [0.2, 0.25) is 5.02 Å². The van der Waals surface area contributed by atoms with Gasteiger partial charge in [0.05, 0.1) is 5.56 Å². The van der Waals surface area contributed by atoms with Gasteiger partial charge in [0.15, 0.2) is 11.6 Å². The van der Waals surface area contributed by atoms with Gasteiger partial charge in [0.25, 0.3) is 0 Å². The number of aromatic nitrogens is 3. The molecule has 0 saturated heterocycles. The maximum atomic E-state index is 12.3. The third-order valence-electron chi connectivity index (χ3n) is 3.86. The Morgan fingerprint density at radius 1 is 1.33 bits per heavy atom. The molecule has 2 aromatic rings. The van der Waals surface area contributed by atoms with Crippen molar-refractivity contribution in [3.05, 3.63) is 34.1 Å². The summed E-state index contributed by atoms with van der Waals surface area (Å²) in [6, 6.07) is 3.45. The van der Waals surface area contributed by atoms with Crippen molar-refractivity contribution >= 4 is 29.3 Å². The van der Waals surface area contributed by atoms with Gasteiger partial charge in [0.2, 0.25) is 11.9 Å². The molecule has 2 N–H and O–H groups in total. The topological polar surface area (TPSA) is 94.2 Å². The predicted octanol–water partition coefficient (Wildman–Crippen LogP) is 2.44. The molecule has 126 valence electrons. The molecule has 8 heteroatoms. The van der Waals surface area contributed by atoms with Gasteiger partial charge in [-0.05, 0) is 23.6 Å². The van der Waals surface area contributed by atoms with Gasteiger partial charge in [-0.25, -0.2) is 0 Å². The maximum Gasteiger partial charge on any atom is 0.230 e. The standard InChI is InChI=1S/C16H18ClN5O2/c1-8-6-10(23)14-11(5-4-9(17)13(8)14)24-7-12-19-15(18)21-16(20-12)22(2)3/h4-5,8H,6-7H2,1-3H3,(H2,18,19,20,21)/t8-/m1/s1. The number of anilines is 2. The first-order valence-corrected chi connectivity index (χ1v) is 7.90. The Balaban J connectivity index is 1.88. The van der Waals surface area contributed by atoms with E-state index in [2.05, 4.69) is 15.0 Å². The van der Waals surface area contributed by atoms with Crippen LogP contribution in [-0.2, 0) is 6.61 Å². The smallest absolute Gasteiger partial charge is 0.230 e. The molecule has 0 spiro atoms. The molecule has 0 fully saturated rings. The normalized spacial score (nSPS) is 16.2. The van der Waals surface area contributed by atoms with E-state index in [-0.39, 0.29) is 24.3 Å². The molecule has 1 aliphatic rings. The fourth-order valence-corrected chi connectivity index (χ4v) is 3.12. The fourth-order valence-electron chi connectivity index (χ4n) is 2.78. The van der Waals surface area contributed by atoms with Crippen molar-refractivity contribution in [2.24, 2.45) is 0 Å². The molecule has 1 aromatic carbocycles. The summed E-state index contributed by atoms with van der Waals surface area (Å²) < 4.78 is 5.79. The van der Waals surface area contributed by atoms with Crippen molar-refractivity contribution in [2.45, 2.75) is 25.9 Å². The molecular formula is C16H18ClN5O2. The van der Waals surface area contributed by atoms with Crippen LogP contribution in [-0.4, -0.2) is 34.8 Å². The summed E-state index contributed by atoms with van der Waals surface area (Å²) in [7, 11) is 3.62. The Hall–Kier alpha value is -2.41. The number of ether oxygens (including phenoxy) is 1. The van der Waals surface area contributed by atoms with Crippen LogP contribution in [0, 0.1) is 0 Å². The highest BCUT2D eigenvalue weighted by atomic mass is 35.5. The first-order valence-electron chi connectivity index (χ1n) is 7.53. The maximum absolute atomic E-state index is 12.3. The number of nitrogens with two attached hydrogens (primary N) is 1. The lowest BCUT2D eigenvalue weighted by Gasteiger charge is -2.14. The van der Waals surface area contributed by atoms with Crippen molar-refractivity contribution in [3.63, 3.8) is 0 Å². The van der Waals surface area contributed by atoms with Crippen LogP contribution in [0.15, 0.2) is 12.1 Å². The van der Waals surface area contributed by atoms with Crippen molar-refractivity contribution in [1.29, 1.82) is 0 Å². The van der Waals surface area contributed by atoms with Gasteiger partial charge >= 0.3 is 0 Å². The highest BCUT2D eigenvalue weighted by molar-refractivity contribution is 6.32. The molecule has 3 rings (SSSR count). The first kappa shape index (κ1) is 16.4. The Morgan fingerprint density at radius 3 is 2.79 bits per heavy atom. The number of carbonyl (C=O) groups excluding carboxylic acids is 1. The van der Waals surface area contributed by atoms with Gasteiger partial charge in [-0.15, -0.1) is 0 Å². The number of ketones is 1. The second-order valence-electron chi connectivity index (χ2n) is 5.96. The Labute approximate surface area is 144 Å². The molecule has 0 bridgehead atoms. The largest absolute Gasteiger partial charge is 0.485 e. The fraction of sp³-hybridized carbons (Fsp3) is 0.375. The number of hydrogen-bond acceptors (Lipinski definition) is 7. The number of nitrogens with zero attached hydrogens (tertiary/aromatic N) is 4. The minimum Gasteiger partial charge on any atom is -0.485 e. The van der Waals surface area contributed by atoms with Gasteiger partial charge in [-0.3, -0.25) is 4.79 Å². The molecule has 0 unspecified atom stereocenters. The zero-order valence-corrected chi connectivity index (χ0v) is 14.5. The summed E-state index contributed by atoms with van der Waals surface area (Å²) >= 11 is 6.23. The highest BCUT2D eigenvalue weighted by Gasteiger charge is 2.31. The zero-order chi connectivity index (χ0) is 17.4. The van der Waals surface area contributed by atoms with Crippen LogP contribution in [0.1, 0.15) is 41.0 Å². The molecule has 1 aromatic heterocycles. The van der Waals surface area contributed by atoms with Gasteiger partial charge in [-0.2, -0.15) is 15.0 Å². The van der Waals surface area contributed by atoms with Crippen LogP contribution in [0.25, 0.3) is 0 Å². The third-order valence-corrected chi connectivity index (χ3v) is 4.19. The summed E-state index contributed by atoms with van der Waals surface area (Å²) in [5.74, 6) is 1.60. The molecular weight excluding hydrogens is 330 g/mol. The van der Waals surface area contributed by atoms with Crippen LogP contribution in [0.3, 0.4) is 0 Å². The van der Waals surface area contributed by atoms with Gasteiger partial charge in [0, 0.05) is 25.5 Å². The Bertz CT molecular complexity index is 809. The van der Waals surface area contributed by atoms with E-state index in [1.165, 1.54) is 0 Å². The van der Waals surface area contributed by atoms with E-state index in [1.807, 2.05) is 21.0 Å². The van der Waals surface area contributed by atoms with E-state index in [0.29, 0.717) is 34.5 Å².